The van der Waals surface area contributed by atoms with Gasteiger partial charge in [-0.25, -0.2) is 4.79 Å². The third-order valence-corrected chi connectivity index (χ3v) is 5.61. The van der Waals surface area contributed by atoms with Crippen LogP contribution in [0.3, 0.4) is 0 Å². The average molecular weight is 397 g/mol. The van der Waals surface area contributed by atoms with E-state index in [1.165, 1.54) is 0 Å². The van der Waals surface area contributed by atoms with Gasteiger partial charge in [-0.05, 0) is 33.6 Å². The van der Waals surface area contributed by atoms with E-state index >= 15 is 0 Å². The lowest BCUT2D eigenvalue weighted by atomic mass is 9.81. The number of primary amides is 1. The molecule has 0 spiro atoms. The molecule has 0 saturated carbocycles. The first-order valence-corrected chi connectivity index (χ1v) is 8.27. The van der Waals surface area contributed by atoms with E-state index in [-0.39, 0.29) is 12.5 Å². The second-order valence-corrected chi connectivity index (χ2v) is 6.66. The highest BCUT2D eigenvalue weighted by Gasteiger charge is 2.49. The summed E-state index contributed by atoms with van der Waals surface area (Å²) in [6.45, 7) is 2.04. The molecular weight excluding hydrogens is 382 g/mol. The molecule has 1 heterocycles. The normalized spacial score (nSPS) is 22.3. The standard InChI is InChI=1S/C17H15BrClNO3/c1-10-14-13(8-7-12(19)15(14)18)23-17(10,9-22-16(20)21)11-5-3-2-4-6-11/h2-8,10H,9H2,1H3,(H2,20,21)/t10-,17-/m0/s1. The smallest absolute Gasteiger partial charge is 0.404 e. The van der Waals surface area contributed by atoms with Crippen molar-refractivity contribution >= 4 is 33.6 Å². The summed E-state index contributed by atoms with van der Waals surface area (Å²) in [6.07, 6.45) is -0.829. The summed E-state index contributed by atoms with van der Waals surface area (Å²) in [5.41, 5.74) is 6.19. The molecule has 0 radical (unpaired) electrons. The van der Waals surface area contributed by atoms with Gasteiger partial charge >= 0.3 is 6.09 Å². The lowest BCUT2D eigenvalue weighted by Gasteiger charge is -2.32. The molecule has 6 heteroatoms. The van der Waals surface area contributed by atoms with Crippen LogP contribution in [-0.2, 0) is 10.3 Å². The summed E-state index contributed by atoms with van der Waals surface area (Å²) in [7, 11) is 0. The van der Waals surface area contributed by atoms with Crippen LogP contribution in [0.2, 0.25) is 5.02 Å². The van der Waals surface area contributed by atoms with E-state index in [9.17, 15) is 4.79 Å². The second kappa shape index (κ2) is 6.06. The highest BCUT2D eigenvalue weighted by atomic mass is 79.9. The summed E-state index contributed by atoms with van der Waals surface area (Å²) in [5.74, 6) is 0.623. The number of hydrogen-bond donors (Lipinski definition) is 1. The molecule has 0 aromatic heterocycles. The topological polar surface area (TPSA) is 61.6 Å². The maximum atomic E-state index is 11.1. The first-order valence-electron chi connectivity index (χ1n) is 7.10. The van der Waals surface area contributed by atoms with Crippen LogP contribution in [-0.4, -0.2) is 12.7 Å². The fourth-order valence-electron chi connectivity index (χ4n) is 3.00. The third kappa shape index (κ3) is 2.68. The maximum absolute atomic E-state index is 11.1. The monoisotopic (exact) mass is 395 g/mol. The number of ether oxygens (including phenoxy) is 2. The lowest BCUT2D eigenvalue weighted by molar-refractivity contribution is -0.000399. The number of carbonyl (C=O) groups is 1. The van der Waals surface area contributed by atoms with E-state index in [1.807, 2.05) is 43.3 Å². The number of hydrogen-bond acceptors (Lipinski definition) is 3. The van der Waals surface area contributed by atoms with Crippen LogP contribution in [0, 0.1) is 0 Å². The van der Waals surface area contributed by atoms with Crippen LogP contribution in [0.1, 0.15) is 24.0 Å². The van der Waals surface area contributed by atoms with Crippen LogP contribution >= 0.6 is 27.5 Å². The van der Waals surface area contributed by atoms with E-state index in [0.29, 0.717) is 10.8 Å². The number of benzene rings is 2. The van der Waals surface area contributed by atoms with Gasteiger partial charge in [0.05, 0.1) is 5.02 Å². The van der Waals surface area contributed by atoms with Crippen molar-refractivity contribution in [2.24, 2.45) is 5.73 Å². The summed E-state index contributed by atoms with van der Waals surface area (Å²) in [6, 6.07) is 13.3. The molecule has 1 aliphatic heterocycles. The zero-order chi connectivity index (χ0) is 16.6. The fraction of sp³-hybridized carbons (Fsp3) is 0.235. The molecule has 2 aromatic rings. The van der Waals surface area contributed by atoms with Crippen molar-refractivity contribution in [1.82, 2.24) is 0 Å². The van der Waals surface area contributed by atoms with E-state index in [2.05, 4.69) is 15.9 Å². The van der Waals surface area contributed by atoms with E-state index < -0.39 is 11.7 Å². The fourth-order valence-corrected chi connectivity index (χ4v) is 3.84. The van der Waals surface area contributed by atoms with Crippen LogP contribution in [0.4, 0.5) is 4.79 Å². The summed E-state index contributed by atoms with van der Waals surface area (Å²) < 4.78 is 12.2. The Kier molecular flexibility index (Phi) is 4.25. The quantitative estimate of drug-likeness (QED) is 0.825. The minimum atomic E-state index is -0.841. The van der Waals surface area contributed by atoms with E-state index in [4.69, 9.17) is 26.8 Å². The van der Waals surface area contributed by atoms with E-state index in [0.717, 1.165) is 15.6 Å². The van der Waals surface area contributed by atoms with Gasteiger partial charge in [0.25, 0.3) is 0 Å². The lowest BCUT2D eigenvalue weighted by Crippen LogP contribution is -2.40. The van der Waals surface area contributed by atoms with Crippen LogP contribution in [0.15, 0.2) is 46.9 Å². The molecule has 4 nitrogen and oxygen atoms in total. The van der Waals surface area contributed by atoms with Crippen molar-refractivity contribution in [3.8, 4) is 5.75 Å². The number of fused-ring (bicyclic) bond motifs is 1. The van der Waals surface area contributed by atoms with Gasteiger partial charge in [0, 0.05) is 16.0 Å². The average Bonchev–Trinajstić information content (AvgIpc) is 2.84. The zero-order valence-corrected chi connectivity index (χ0v) is 14.7. The molecule has 2 atom stereocenters. The molecule has 3 rings (SSSR count). The number of carbonyl (C=O) groups excluding carboxylic acids is 1. The van der Waals surface area contributed by atoms with Crippen LogP contribution in [0.5, 0.6) is 5.75 Å². The predicted octanol–water partition coefficient (Wildman–Crippen LogP) is 4.59. The Hall–Kier alpha value is -1.72. The Morgan fingerprint density at radius 1 is 1.35 bits per heavy atom. The van der Waals surface area contributed by atoms with Crippen LogP contribution in [0.25, 0.3) is 0 Å². The van der Waals surface area contributed by atoms with Crippen molar-refractivity contribution in [3.63, 3.8) is 0 Å². The first-order chi connectivity index (χ1) is 11.0. The molecule has 0 aliphatic carbocycles. The molecule has 2 aromatic carbocycles. The Labute approximate surface area is 147 Å². The second-order valence-electron chi connectivity index (χ2n) is 5.46. The van der Waals surface area contributed by atoms with Gasteiger partial charge in [-0.15, -0.1) is 0 Å². The summed E-state index contributed by atoms with van der Waals surface area (Å²) in [4.78, 5) is 11.1. The van der Waals surface area contributed by atoms with Crippen LogP contribution < -0.4 is 10.5 Å². The van der Waals surface area contributed by atoms with Gasteiger partial charge in [0.15, 0.2) is 5.60 Å². The molecule has 0 bridgehead atoms. The highest BCUT2D eigenvalue weighted by molar-refractivity contribution is 9.10. The van der Waals surface area contributed by atoms with Crippen molar-refractivity contribution in [3.05, 3.63) is 63.1 Å². The third-order valence-electron chi connectivity index (χ3n) is 4.21. The molecule has 0 unspecified atom stereocenters. The molecule has 23 heavy (non-hydrogen) atoms. The minimum absolute atomic E-state index is 0.0201. The molecule has 0 saturated heterocycles. The molecular formula is C17H15BrClNO3. The Morgan fingerprint density at radius 3 is 2.70 bits per heavy atom. The van der Waals surface area contributed by atoms with Gasteiger partial charge in [0.2, 0.25) is 0 Å². The summed E-state index contributed by atoms with van der Waals surface area (Å²) >= 11 is 9.75. The molecule has 1 aliphatic rings. The first kappa shape index (κ1) is 16.1. The van der Waals surface area contributed by atoms with Crippen molar-refractivity contribution < 1.29 is 14.3 Å². The largest absolute Gasteiger partial charge is 0.478 e. The SMILES string of the molecule is C[C@H]1c2c(ccc(Cl)c2Br)O[C@]1(COC(N)=O)c1ccccc1. The zero-order valence-electron chi connectivity index (χ0n) is 12.4. The molecule has 120 valence electrons. The van der Waals surface area contributed by atoms with Crippen molar-refractivity contribution in [1.29, 1.82) is 0 Å². The van der Waals surface area contributed by atoms with Gasteiger partial charge in [-0.1, -0.05) is 48.9 Å². The number of halogens is 2. The van der Waals surface area contributed by atoms with E-state index in [1.54, 1.807) is 6.07 Å². The Bertz CT molecular complexity index is 753. The van der Waals surface area contributed by atoms with Gasteiger partial charge < -0.3 is 15.2 Å². The number of nitrogens with two attached hydrogens (primary N) is 1. The van der Waals surface area contributed by atoms with Gasteiger partial charge in [-0.2, -0.15) is 0 Å². The number of rotatable bonds is 3. The highest BCUT2D eigenvalue weighted by Crippen LogP contribution is 2.54. The maximum Gasteiger partial charge on any atom is 0.404 e. The number of amides is 1. The van der Waals surface area contributed by atoms with Gasteiger partial charge in [-0.3, -0.25) is 0 Å². The summed E-state index contributed by atoms with van der Waals surface area (Å²) in [5, 5.41) is 0.610. The van der Waals surface area contributed by atoms with Crippen molar-refractivity contribution in [2.75, 3.05) is 6.61 Å². The Balaban J connectivity index is 2.11. The molecule has 1 amide bonds. The predicted molar refractivity (Wildman–Crippen MR) is 91.9 cm³/mol. The van der Waals surface area contributed by atoms with Gasteiger partial charge in [0.1, 0.15) is 12.4 Å². The molecule has 0 fully saturated rings. The Morgan fingerprint density at radius 2 is 2.04 bits per heavy atom. The van der Waals surface area contributed by atoms with Crippen molar-refractivity contribution in [2.45, 2.75) is 18.4 Å². The molecule has 2 N–H and O–H groups in total. The minimum Gasteiger partial charge on any atom is -0.478 e.